The molecule has 9 nitrogen and oxygen atoms in total. The van der Waals surface area contributed by atoms with Crippen molar-refractivity contribution in [3.05, 3.63) is 47.9 Å². The zero-order valence-electron chi connectivity index (χ0n) is 22.9. The lowest BCUT2D eigenvalue weighted by molar-refractivity contribution is -0.157. The number of hydrogen-bond donors (Lipinski definition) is 1. The Labute approximate surface area is 230 Å². The Kier molecular flexibility index (Phi) is 9.34. The molecule has 3 aliphatic heterocycles. The second-order valence-electron chi connectivity index (χ2n) is 10.7. The summed E-state index contributed by atoms with van der Waals surface area (Å²) in [6.07, 6.45) is 9.51. The molecule has 1 aromatic heterocycles. The Bertz CT molecular complexity index is 1160. The highest BCUT2D eigenvalue weighted by Gasteiger charge is 2.34. The number of aliphatic hydroxyl groups is 1. The molecule has 0 spiro atoms. The lowest BCUT2D eigenvalue weighted by atomic mass is 9.92. The van der Waals surface area contributed by atoms with Crippen LogP contribution in [0.15, 0.2) is 42.3 Å². The zero-order valence-corrected chi connectivity index (χ0v) is 22.9. The standard InChI is InChI=1S/C30H41N3O6/c1-22(35)33-21-26(25-7-3-4-8-27(25)33)23-19-28(39-29(20-23)38-18-17-37-16-15-34)30(36)32-13-9-24(10-14-32)31-11-5-2-6-12-31/h3-4,7-8,19,21,23-24,29,34H,2,5-6,9-18,20H2,1H3. The van der Waals surface area contributed by atoms with Gasteiger partial charge in [-0.1, -0.05) is 24.6 Å². The first kappa shape index (κ1) is 27.8. The number of para-hydroxylation sites is 1. The monoisotopic (exact) mass is 539 g/mol. The van der Waals surface area contributed by atoms with Gasteiger partial charge in [-0.25, -0.2) is 0 Å². The predicted octanol–water partition coefficient (Wildman–Crippen LogP) is 3.52. The minimum atomic E-state index is -0.623. The summed E-state index contributed by atoms with van der Waals surface area (Å²) >= 11 is 0. The number of rotatable bonds is 9. The molecular formula is C30H41N3O6. The number of ether oxygens (including phenoxy) is 3. The molecule has 1 N–H and O–H groups in total. The van der Waals surface area contributed by atoms with E-state index in [2.05, 4.69) is 4.90 Å². The Morgan fingerprint density at radius 1 is 1.03 bits per heavy atom. The van der Waals surface area contributed by atoms with Gasteiger partial charge < -0.3 is 29.1 Å². The maximum absolute atomic E-state index is 13.7. The minimum Gasteiger partial charge on any atom is -0.459 e. The maximum Gasteiger partial charge on any atom is 0.288 e. The molecule has 0 bridgehead atoms. The van der Waals surface area contributed by atoms with Crippen molar-refractivity contribution in [2.24, 2.45) is 0 Å². The van der Waals surface area contributed by atoms with Crippen LogP contribution in [-0.4, -0.2) is 96.2 Å². The Morgan fingerprint density at radius 3 is 2.54 bits per heavy atom. The van der Waals surface area contributed by atoms with Crippen LogP contribution >= 0.6 is 0 Å². The van der Waals surface area contributed by atoms with E-state index in [4.69, 9.17) is 19.3 Å². The van der Waals surface area contributed by atoms with Crippen molar-refractivity contribution in [1.29, 1.82) is 0 Å². The van der Waals surface area contributed by atoms with Crippen LogP contribution in [0.4, 0.5) is 0 Å². The van der Waals surface area contributed by atoms with Crippen LogP contribution in [0.1, 0.15) is 61.7 Å². The molecular weight excluding hydrogens is 498 g/mol. The molecule has 0 saturated carbocycles. The number of carbonyl (C=O) groups excluding carboxylic acids is 2. The minimum absolute atomic E-state index is 0.0436. The van der Waals surface area contributed by atoms with E-state index in [0.29, 0.717) is 24.8 Å². The summed E-state index contributed by atoms with van der Waals surface area (Å²) in [6, 6.07) is 8.39. The molecule has 5 rings (SSSR count). The highest BCUT2D eigenvalue weighted by atomic mass is 16.7. The van der Waals surface area contributed by atoms with E-state index in [1.165, 1.54) is 32.4 Å². The smallest absolute Gasteiger partial charge is 0.288 e. The van der Waals surface area contributed by atoms with Crippen molar-refractivity contribution in [2.75, 3.05) is 52.6 Å². The number of benzene rings is 1. The third-order valence-electron chi connectivity index (χ3n) is 8.18. The second kappa shape index (κ2) is 13.1. The molecule has 0 radical (unpaired) electrons. The first-order valence-corrected chi connectivity index (χ1v) is 14.4. The van der Waals surface area contributed by atoms with Crippen LogP contribution in [0.5, 0.6) is 0 Å². The van der Waals surface area contributed by atoms with Crippen LogP contribution in [0, 0.1) is 0 Å². The summed E-state index contributed by atoms with van der Waals surface area (Å²) in [4.78, 5) is 30.6. The summed E-state index contributed by atoms with van der Waals surface area (Å²) in [5.41, 5.74) is 1.82. The number of carbonyl (C=O) groups is 2. The topological polar surface area (TPSA) is 93.5 Å². The van der Waals surface area contributed by atoms with Crippen molar-refractivity contribution >= 4 is 22.7 Å². The van der Waals surface area contributed by atoms with Crippen LogP contribution in [0.2, 0.25) is 0 Å². The van der Waals surface area contributed by atoms with Gasteiger partial charge in [0, 0.05) is 50.0 Å². The molecule has 9 heteroatoms. The molecule has 2 unspecified atom stereocenters. The van der Waals surface area contributed by atoms with Gasteiger partial charge in [-0.15, -0.1) is 0 Å². The molecule has 1 amide bonds. The Hall–Kier alpha value is -2.72. The SMILES string of the molecule is CC(=O)n1cc(C2C=C(C(=O)N3CCC(N4CCCCC4)CC3)OC(OCCOCCO)C2)c2ccccc21. The van der Waals surface area contributed by atoms with Crippen LogP contribution in [0.3, 0.4) is 0 Å². The normalized spacial score (nSPS) is 23.0. The van der Waals surface area contributed by atoms with Crippen molar-refractivity contribution in [2.45, 2.75) is 63.7 Å². The van der Waals surface area contributed by atoms with Gasteiger partial charge in [0.25, 0.3) is 5.91 Å². The van der Waals surface area contributed by atoms with Crippen LogP contribution < -0.4 is 0 Å². The molecule has 2 atom stereocenters. The van der Waals surface area contributed by atoms with E-state index < -0.39 is 6.29 Å². The number of hydrogen-bond acceptors (Lipinski definition) is 7. The predicted molar refractivity (Wildman–Crippen MR) is 147 cm³/mol. The molecule has 39 heavy (non-hydrogen) atoms. The van der Waals surface area contributed by atoms with Crippen molar-refractivity contribution in [3.63, 3.8) is 0 Å². The fourth-order valence-electron chi connectivity index (χ4n) is 6.17. The number of aliphatic hydroxyl groups excluding tert-OH is 1. The van der Waals surface area contributed by atoms with Gasteiger partial charge in [-0.3, -0.25) is 14.2 Å². The average molecular weight is 540 g/mol. The lowest BCUT2D eigenvalue weighted by Crippen LogP contribution is -2.49. The van der Waals surface area contributed by atoms with Gasteiger partial charge in [0.2, 0.25) is 12.2 Å². The highest BCUT2D eigenvalue weighted by Crippen LogP contribution is 2.37. The molecule has 1 aromatic carbocycles. The number of nitrogens with zero attached hydrogens (tertiary/aromatic N) is 3. The Balaban J connectivity index is 1.34. The summed E-state index contributed by atoms with van der Waals surface area (Å²) < 4.78 is 19.1. The molecule has 0 aliphatic carbocycles. The second-order valence-corrected chi connectivity index (χ2v) is 10.7. The average Bonchev–Trinajstić information content (AvgIpc) is 3.37. The van der Waals surface area contributed by atoms with Crippen LogP contribution in [0.25, 0.3) is 10.9 Å². The first-order valence-electron chi connectivity index (χ1n) is 14.4. The number of likely N-dealkylation sites (tertiary alicyclic amines) is 2. The first-order chi connectivity index (χ1) is 19.0. The van der Waals surface area contributed by atoms with Gasteiger partial charge in [0.15, 0.2) is 5.76 Å². The third kappa shape index (κ3) is 6.54. The number of fused-ring (bicyclic) bond motifs is 1. The summed E-state index contributed by atoms with van der Waals surface area (Å²) in [5.74, 6) is -0.00603. The summed E-state index contributed by atoms with van der Waals surface area (Å²) in [6.45, 7) is 6.15. The van der Waals surface area contributed by atoms with E-state index in [1.54, 1.807) is 11.5 Å². The lowest BCUT2D eigenvalue weighted by Gasteiger charge is -2.40. The van der Waals surface area contributed by atoms with Crippen molar-refractivity contribution in [3.8, 4) is 0 Å². The number of piperidine rings is 2. The quantitative estimate of drug-likeness (QED) is 0.488. The van der Waals surface area contributed by atoms with Crippen molar-refractivity contribution in [1.82, 2.24) is 14.4 Å². The number of aromatic nitrogens is 1. The maximum atomic E-state index is 13.7. The fraction of sp³-hybridized carbons (Fsp3) is 0.600. The van der Waals surface area contributed by atoms with Gasteiger partial charge in [0.05, 0.1) is 31.9 Å². The molecule has 2 saturated heterocycles. The highest BCUT2D eigenvalue weighted by molar-refractivity contribution is 5.95. The van der Waals surface area contributed by atoms with E-state index >= 15 is 0 Å². The van der Waals surface area contributed by atoms with E-state index in [9.17, 15) is 9.59 Å². The Morgan fingerprint density at radius 2 is 1.79 bits per heavy atom. The third-order valence-corrected chi connectivity index (χ3v) is 8.18. The summed E-state index contributed by atoms with van der Waals surface area (Å²) in [5, 5.41) is 9.93. The van der Waals surface area contributed by atoms with E-state index in [0.717, 1.165) is 42.4 Å². The molecule has 2 aromatic rings. The van der Waals surface area contributed by atoms with E-state index in [1.807, 2.05) is 41.4 Å². The van der Waals surface area contributed by atoms with E-state index in [-0.39, 0.29) is 37.6 Å². The van der Waals surface area contributed by atoms with Gasteiger partial charge in [-0.2, -0.15) is 0 Å². The fourth-order valence-corrected chi connectivity index (χ4v) is 6.17. The van der Waals surface area contributed by atoms with Gasteiger partial charge >= 0.3 is 0 Å². The molecule has 3 aliphatic rings. The molecule has 212 valence electrons. The number of amides is 1. The largest absolute Gasteiger partial charge is 0.459 e. The van der Waals surface area contributed by atoms with Crippen molar-refractivity contribution < 1.29 is 28.9 Å². The zero-order chi connectivity index (χ0) is 27.2. The van der Waals surface area contributed by atoms with Gasteiger partial charge in [0.1, 0.15) is 0 Å². The molecule has 4 heterocycles. The molecule has 2 fully saturated rings. The number of allylic oxidation sites excluding steroid dienone is 1. The van der Waals surface area contributed by atoms with Crippen LogP contribution in [-0.2, 0) is 19.0 Å². The summed E-state index contributed by atoms with van der Waals surface area (Å²) in [7, 11) is 0. The van der Waals surface area contributed by atoms with Gasteiger partial charge in [-0.05, 0) is 56.5 Å².